The third kappa shape index (κ3) is 4.54. The maximum absolute atomic E-state index is 11.9. The summed E-state index contributed by atoms with van der Waals surface area (Å²) in [6, 6.07) is 1.63. The lowest BCUT2D eigenvalue weighted by atomic mass is 10.6. The average molecular weight is 294 g/mol. The summed E-state index contributed by atoms with van der Waals surface area (Å²) in [6.07, 6.45) is 0. The van der Waals surface area contributed by atoms with E-state index >= 15 is 0 Å². The summed E-state index contributed by atoms with van der Waals surface area (Å²) < 4.78 is 36.4. The van der Waals surface area contributed by atoms with E-state index in [1.54, 1.807) is 18.6 Å². The molecule has 0 spiro atoms. The molecule has 0 aliphatic heterocycles. The Labute approximate surface area is 111 Å². The number of hydrogen-bond acceptors (Lipinski definition) is 6. The topological polar surface area (TPSA) is 76.7 Å². The first-order valence-electron chi connectivity index (χ1n) is 5.42. The van der Waals surface area contributed by atoms with E-state index in [4.69, 9.17) is 9.47 Å². The Morgan fingerprint density at radius 2 is 2.06 bits per heavy atom. The zero-order chi connectivity index (χ0) is 13.4. The highest BCUT2D eigenvalue weighted by molar-refractivity contribution is 7.91. The molecule has 0 unspecified atom stereocenters. The van der Waals surface area contributed by atoms with Gasteiger partial charge in [0.2, 0.25) is 0 Å². The van der Waals surface area contributed by atoms with Gasteiger partial charge in [0.15, 0.2) is 4.21 Å². The Bertz CT molecular complexity index is 444. The maximum Gasteiger partial charge on any atom is 0.253 e. The van der Waals surface area contributed by atoms with Crippen molar-refractivity contribution < 1.29 is 17.9 Å². The highest BCUT2D eigenvalue weighted by Gasteiger charge is 2.20. The molecule has 0 saturated carbocycles. The number of ether oxygens (including phenoxy) is 2. The van der Waals surface area contributed by atoms with Crippen LogP contribution in [0.25, 0.3) is 0 Å². The van der Waals surface area contributed by atoms with Crippen molar-refractivity contribution in [1.82, 2.24) is 10.0 Å². The van der Waals surface area contributed by atoms with E-state index < -0.39 is 10.0 Å². The number of rotatable bonds is 9. The molecule has 0 aliphatic carbocycles. The molecule has 1 rings (SSSR count). The first kappa shape index (κ1) is 15.4. The molecule has 8 heteroatoms. The zero-order valence-electron chi connectivity index (χ0n) is 10.4. The van der Waals surface area contributed by atoms with E-state index in [1.165, 1.54) is 7.11 Å². The third-order valence-corrected chi connectivity index (χ3v) is 5.04. The second-order valence-corrected chi connectivity index (χ2v) is 6.30. The number of methoxy groups -OCH3 is 2. The van der Waals surface area contributed by atoms with Crippen molar-refractivity contribution in [1.29, 1.82) is 0 Å². The summed E-state index contributed by atoms with van der Waals surface area (Å²) in [7, 11) is -0.410. The van der Waals surface area contributed by atoms with Crippen LogP contribution in [0.3, 0.4) is 0 Å². The van der Waals surface area contributed by atoms with Crippen LogP contribution >= 0.6 is 11.3 Å². The van der Waals surface area contributed by atoms with Gasteiger partial charge in [-0.05, 0) is 11.4 Å². The Morgan fingerprint density at radius 1 is 1.28 bits per heavy atom. The molecule has 0 bridgehead atoms. The van der Waals surface area contributed by atoms with Gasteiger partial charge in [-0.15, -0.1) is 11.3 Å². The van der Waals surface area contributed by atoms with Crippen molar-refractivity contribution in [3.05, 3.63) is 11.4 Å². The lowest BCUT2D eigenvalue weighted by Gasteiger charge is -2.07. The molecular formula is C10H18N2O4S2. The van der Waals surface area contributed by atoms with E-state index in [0.717, 1.165) is 11.3 Å². The quantitative estimate of drug-likeness (QED) is 0.639. The molecule has 0 saturated heterocycles. The molecule has 0 fully saturated rings. The summed E-state index contributed by atoms with van der Waals surface area (Å²) in [6.45, 7) is 2.18. The minimum absolute atomic E-state index is 0.210. The molecule has 2 N–H and O–H groups in total. The first-order chi connectivity index (χ1) is 8.61. The predicted octanol–water partition coefficient (Wildman–Crippen LogP) is 0.271. The van der Waals surface area contributed by atoms with Crippen molar-refractivity contribution in [2.75, 3.05) is 40.5 Å². The van der Waals surface area contributed by atoms with Crippen molar-refractivity contribution in [3.63, 3.8) is 0 Å². The average Bonchev–Trinajstić information content (AvgIpc) is 2.82. The molecule has 0 aliphatic rings. The van der Waals surface area contributed by atoms with Crippen molar-refractivity contribution in [2.45, 2.75) is 4.21 Å². The summed E-state index contributed by atoms with van der Waals surface area (Å²) in [4.78, 5) is 0. The second kappa shape index (κ2) is 7.70. The fourth-order valence-electron chi connectivity index (χ4n) is 1.27. The molecule has 104 valence electrons. The van der Waals surface area contributed by atoms with Gasteiger partial charge in [0.05, 0.1) is 13.7 Å². The van der Waals surface area contributed by atoms with E-state index in [0.29, 0.717) is 32.0 Å². The number of nitrogens with one attached hydrogen (secondary N) is 2. The van der Waals surface area contributed by atoms with Gasteiger partial charge in [0.1, 0.15) is 5.75 Å². The van der Waals surface area contributed by atoms with Crippen LogP contribution in [0.4, 0.5) is 0 Å². The number of hydrogen-bond donors (Lipinski definition) is 2. The Hall–Kier alpha value is -0.670. The SMILES string of the molecule is COCCNCCNS(=O)(=O)c1sccc1OC. The summed E-state index contributed by atoms with van der Waals surface area (Å²) >= 11 is 1.14. The standard InChI is InChI=1S/C10H18N2O4S2/c1-15-7-6-11-4-5-12-18(13,14)10-9(16-2)3-8-17-10/h3,8,11-12H,4-7H2,1-2H3. The Morgan fingerprint density at radius 3 is 2.72 bits per heavy atom. The van der Waals surface area contributed by atoms with Crippen molar-refractivity contribution >= 4 is 21.4 Å². The van der Waals surface area contributed by atoms with E-state index in [-0.39, 0.29) is 4.21 Å². The third-order valence-electron chi connectivity index (χ3n) is 2.14. The normalized spacial score (nSPS) is 11.7. The van der Waals surface area contributed by atoms with Gasteiger partial charge in [-0.1, -0.05) is 0 Å². The summed E-state index contributed by atoms with van der Waals surface area (Å²) in [5, 5.41) is 4.74. The zero-order valence-corrected chi connectivity index (χ0v) is 12.1. The van der Waals surface area contributed by atoms with Gasteiger partial charge in [0, 0.05) is 26.7 Å². The van der Waals surface area contributed by atoms with E-state index in [1.807, 2.05) is 0 Å². The molecule has 0 aromatic carbocycles. The minimum Gasteiger partial charge on any atom is -0.494 e. The van der Waals surface area contributed by atoms with Crippen LogP contribution in [0.5, 0.6) is 5.75 Å². The van der Waals surface area contributed by atoms with Crippen LogP contribution in [0, 0.1) is 0 Å². The molecular weight excluding hydrogens is 276 g/mol. The first-order valence-corrected chi connectivity index (χ1v) is 7.79. The molecule has 18 heavy (non-hydrogen) atoms. The maximum atomic E-state index is 11.9. The fourth-order valence-corrected chi connectivity index (χ4v) is 3.62. The highest BCUT2D eigenvalue weighted by Crippen LogP contribution is 2.28. The molecule has 0 amide bonds. The van der Waals surface area contributed by atoms with Crippen molar-refractivity contribution in [3.8, 4) is 5.75 Å². The fraction of sp³-hybridized carbons (Fsp3) is 0.600. The Balaban J connectivity index is 2.41. The Kier molecular flexibility index (Phi) is 6.58. The lowest BCUT2D eigenvalue weighted by molar-refractivity contribution is 0.199. The van der Waals surface area contributed by atoms with Gasteiger partial charge in [0.25, 0.3) is 10.0 Å². The molecule has 6 nitrogen and oxygen atoms in total. The molecule has 0 atom stereocenters. The highest BCUT2D eigenvalue weighted by atomic mass is 32.2. The summed E-state index contributed by atoms with van der Waals surface area (Å²) in [5.41, 5.74) is 0. The van der Waals surface area contributed by atoms with E-state index in [9.17, 15) is 8.42 Å². The van der Waals surface area contributed by atoms with Gasteiger partial charge < -0.3 is 14.8 Å². The smallest absolute Gasteiger partial charge is 0.253 e. The van der Waals surface area contributed by atoms with Crippen LogP contribution in [-0.4, -0.2) is 48.9 Å². The monoisotopic (exact) mass is 294 g/mol. The van der Waals surface area contributed by atoms with Gasteiger partial charge in [-0.3, -0.25) is 0 Å². The molecule has 1 heterocycles. The van der Waals surface area contributed by atoms with Crippen LogP contribution in [0.1, 0.15) is 0 Å². The van der Waals surface area contributed by atoms with Gasteiger partial charge in [-0.25, -0.2) is 13.1 Å². The van der Waals surface area contributed by atoms with Gasteiger partial charge >= 0.3 is 0 Å². The van der Waals surface area contributed by atoms with Crippen LogP contribution in [-0.2, 0) is 14.8 Å². The number of thiophene rings is 1. The van der Waals surface area contributed by atoms with Crippen LogP contribution in [0.15, 0.2) is 15.7 Å². The van der Waals surface area contributed by atoms with Crippen LogP contribution in [0.2, 0.25) is 0 Å². The largest absolute Gasteiger partial charge is 0.494 e. The summed E-state index contributed by atoms with van der Waals surface area (Å²) in [5.74, 6) is 0.375. The van der Waals surface area contributed by atoms with Crippen molar-refractivity contribution in [2.24, 2.45) is 0 Å². The molecule has 1 aromatic heterocycles. The second-order valence-electron chi connectivity index (χ2n) is 3.42. The molecule has 0 radical (unpaired) electrons. The van der Waals surface area contributed by atoms with E-state index in [2.05, 4.69) is 10.0 Å². The lowest BCUT2D eigenvalue weighted by Crippen LogP contribution is -2.32. The number of sulfonamides is 1. The minimum atomic E-state index is -3.48. The predicted molar refractivity (Wildman–Crippen MR) is 70.8 cm³/mol. The molecule has 1 aromatic rings. The van der Waals surface area contributed by atoms with Crippen LogP contribution < -0.4 is 14.8 Å². The van der Waals surface area contributed by atoms with Gasteiger partial charge in [-0.2, -0.15) is 0 Å².